The highest BCUT2D eigenvalue weighted by atomic mass is 15.2. The summed E-state index contributed by atoms with van der Waals surface area (Å²) in [5.41, 5.74) is 0.891. The Morgan fingerprint density at radius 3 is 2.84 bits per heavy atom. The van der Waals surface area contributed by atoms with E-state index >= 15 is 0 Å². The molecule has 2 heterocycles. The van der Waals surface area contributed by atoms with Gasteiger partial charge in [-0.25, -0.2) is 0 Å². The van der Waals surface area contributed by atoms with Gasteiger partial charge in [-0.3, -0.25) is 9.39 Å². The number of guanidine groups is 1. The van der Waals surface area contributed by atoms with Gasteiger partial charge in [0.1, 0.15) is 5.82 Å². The van der Waals surface area contributed by atoms with Crippen molar-refractivity contribution in [2.45, 2.75) is 51.4 Å². The number of aliphatic imine (C=N–C) groups is 1. The monoisotopic (exact) mass is 342 g/mol. The summed E-state index contributed by atoms with van der Waals surface area (Å²) >= 11 is 0. The second kappa shape index (κ2) is 9.39. The van der Waals surface area contributed by atoms with E-state index in [9.17, 15) is 0 Å². The normalized spacial score (nSPS) is 15.8. The van der Waals surface area contributed by atoms with Gasteiger partial charge >= 0.3 is 0 Å². The molecule has 1 aliphatic rings. The molecule has 0 radical (unpaired) electrons. The molecule has 3 rings (SSSR count). The van der Waals surface area contributed by atoms with Crippen LogP contribution in [-0.2, 0) is 6.42 Å². The van der Waals surface area contributed by atoms with Gasteiger partial charge in [0.15, 0.2) is 11.6 Å². The van der Waals surface area contributed by atoms with E-state index in [2.05, 4.69) is 25.8 Å². The van der Waals surface area contributed by atoms with Gasteiger partial charge in [0.05, 0.1) is 0 Å². The molecule has 0 amide bonds. The van der Waals surface area contributed by atoms with Crippen molar-refractivity contribution in [2.24, 2.45) is 10.9 Å². The minimum absolute atomic E-state index is 0.789. The lowest BCUT2D eigenvalue weighted by atomic mass is 10.0. The molecule has 0 bridgehead atoms. The molecular weight excluding hydrogens is 312 g/mol. The van der Waals surface area contributed by atoms with Crippen molar-refractivity contribution in [1.29, 1.82) is 0 Å². The van der Waals surface area contributed by atoms with Crippen molar-refractivity contribution in [3.05, 3.63) is 30.2 Å². The highest BCUT2D eigenvalue weighted by molar-refractivity contribution is 5.79. The smallest absolute Gasteiger partial charge is 0.190 e. The van der Waals surface area contributed by atoms with Gasteiger partial charge in [-0.15, -0.1) is 10.2 Å². The maximum Gasteiger partial charge on any atom is 0.190 e. The van der Waals surface area contributed by atoms with Crippen molar-refractivity contribution < 1.29 is 0 Å². The third-order valence-electron chi connectivity index (χ3n) is 5.06. The fraction of sp³-hybridized carbons (Fsp3) is 0.632. The number of unbranched alkanes of at least 4 members (excludes halogenated alkanes) is 1. The Morgan fingerprint density at radius 2 is 2.00 bits per heavy atom. The molecule has 6 nitrogen and oxygen atoms in total. The number of nitrogens with zero attached hydrogens (tertiary/aromatic N) is 4. The molecule has 1 aliphatic carbocycles. The van der Waals surface area contributed by atoms with E-state index < -0.39 is 0 Å². The van der Waals surface area contributed by atoms with Crippen molar-refractivity contribution in [1.82, 2.24) is 25.2 Å². The van der Waals surface area contributed by atoms with Gasteiger partial charge in [-0.1, -0.05) is 44.6 Å². The molecule has 136 valence electrons. The highest BCUT2D eigenvalue weighted by Crippen LogP contribution is 2.28. The van der Waals surface area contributed by atoms with Crippen molar-refractivity contribution >= 4 is 11.6 Å². The third kappa shape index (κ3) is 5.18. The summed E-state index contributed by atoms with van der Waals surface area (Å²) in [6, 6.07) is 5.94. The number of nitrogens with one attached hydrogen (secondary N) is 2. The molecule has 1 fully saturated rings. The molecule has 2 aromatic rings. The van der Waals surface area contributed by atoms with E-state index in [1.165, 1.54) is 44.9 Å². The molecule has 0 spiro atoms. The fourth-order valence-electron chi connectivity index (χ4n) is 3.64. The summed E-state index contributed by atoms with van der Waals surface area (Å²) in [4.78, 5) is 4.30. The maximum absolute atomic E-state index is 4.30. The van der Waals surface area contributed by atoms with Crippen LogP contribution in [-0.4, -0.2) is 40.7 Å². The van der Waals surface area contributed by atoms with Crippen LogP contribution in [0.2, 0.25) is 0 Å². The van der Waals surface area contributed by atoms with Gasteiger partial charge in [0.2, 0.25) is 0 Å². The topological polar surface area (TPSA) is 66.6 Å². The summed E-state index contributed by atoms with van der Waals surface area (Å²) in [6.45, 7) is 1.78. The Bertz CT molecular complexity index is 671. The summed E-state index contributed by atoms with van der Waals surface area (Å²) < 4.78 is 2.03. The van der Waals surface area contributed by atoms with Gasteiger partial charge in [-0.2, -0.15) is 0 Å². The zero-order valence-corrected chi connectivity index (χ0v) is 15.2. The first kappa shape index (κ1) is 17.7. The van der Waals surface area contributed by atoms with Crippen LogP contribution < -0.4 is 10.6 Å². The molecular formula is C19H30N6. The fourth-order valence-corrected chi connectivity index (χ4v) is 3.64. The molecule has 0 atom stereocenters. The van der Waals surface area contributed by atoms with Gasteiger partial charge in [0.25, 0.3) is 0 Å². The largest absolute Gasteiger partial charge is 0.356 e. The first-order valence-electron chi connectivity index (χ1n) is 9.60. The average Bonchev–Trinajstić information content (AvgIpc) is 3.30. The summed E-state index contributed by atoms with van der Waals surface area (Å²) in [7, 11) is 1.82. The molecule has 2 aromatic heterocycles. The van der Waals surface area contributed by atoms with Gasteiger partial charge < -0.3 is 10.6 Å². The Kier molecular flexibility index (Phi) is 6.65. The zero-order chi connectivity index (χ0) is 17.3. The van der Waals surface area contributed by atoms with Gasteiger partial charge in [0, 0.05) is 32.8 Å². The minimum atomic E-state index is 0.789. The summed E-state index contributed by atoms with van der Waals surface area (Å²) in [5, 5.41) is 15.2. The first-order chi connectivity index (χ1) is 12.4. The quantitative estimate of drug-likeness (QED) is 0.440. The number of fused-ring (bicyclic) bond motifs is 1. The Balaban J connectivity index is 1.32. The Labute approximate surface area is 150 Å². The van der Waals surface area contributed by atoms with Crippen LogP contribution in [0.25, 0.3) is 5.65 Å². The molecule has 2 N–H and O–H groups in total. The number of aromatic nitrogens is 3. The van der Waals surface area contributed by atoms with Crippen LogP contribution in [0.3, 0.4) is 0 Å². The van der Waals surface area contributed by atoms with Crippen LogP contribution in [0.5, 0.6) is 0 Å². The Hall–Kier alpha value is -2.11. The molecule has 1 saturated carbocycles. The van der Waals surface area contributed by atoms with Gasteiger partial charge in [-0.05, 0) is 24.5 Å². The van der Waals surface area contributed by atoms with E-state index in [1.807, 2.05) is 35.8 Å². The number of rotatable bonds is 8. The number of pyridine rings is 1. The van der Waals surface area contributed by atoms with Crippen molar-refractivity contribution in [3.63, 3.8) is 0 Å². The lowest BCUT2D eigenvalue weighted by Gasteiger charge is -2.12. The SMILES string of the molecule is CN=C(NCCCCC1CCCC1)NCCc1nnc2ccccn12. The van der Waals surface area contributed by atoms with Crippen LogP contribution in [0.4, 0.5) is 0 Å². The second-order valence-electron chi connectivity index (χ2n) is 6.87. The van der Waals surface area contributed by atoms with Crippen LogP contribution >= 0.6 is 0 Å². The highest BCUT2D eigenvalue weighted by Gasteiger charge is 2.13. The maximum atomic E-state index is 4.30. The van der Waals surface area contributed by atoms with E-state index in [1.54, 1.807) is 0 Å². The molecule has 0 saturated heterocycles. The molecule has 0 unspecified atom stereocenters. The number of hydrogen-bond acceptors (Lipinski definition) is 3. The summed E-state index contributed by atoms with van der Waals surface area (Å²) in [5.74, 6) is 2.83. The molecule has 0 aliphatic heterocycles. The molecule has 0 aromatic carbocycles. The third-order valence-corrected chi connectivity index (χ3v) is 5.06. The average molecular weight is 342 g/mol. The Morgan fingerprint density at radius 1 is 1.16 bits per heavy atom. The molecule has 6 heteroatoms. The summed E-state index contributed by atoms with van der Waals surface area (Å²) in [6.07, 6.45) is 12.5. The van der Waals surface area contributed by atoms with E-state index in [0.717, 1.165) is 42.9 Å². The lowest BCUT2D eigenvalue weighted by molar-refractivity contribution is 0.472. The van der Waals surface area contributed by atoms with E-state index in [-0.39, 0.29) is 0 Å². The number of hydrogen-bond donors (Lipinski definition) is 2. The standard InChI is InChI=1S/C19H30N6/c1-20-19(21-13-6-4-10-16-8-2-3-9-16)22-14-12-18-24-23-17-11-5-7-15-25(17)18/h5,7,11,15-16H,2-4,6,8-10,12-14H2,1H3,(H2,20,21,22). The second-order valence-corrected chi connectivity index (χ2v) is 6.87. The first-order valence-corrected chi connectivity index (χ1v) is 9.60. The zero-order valence-electron chi connectivity index (χ0n) is 15.2. The molecule has 25 heavy (non-hydrogen) atoms. The predicted octanol–water partition coefficient (Wildman–Crippen LogP) is 2.80. The van der Waals surface area contributed by atoms with Crippen molar-refractivity contribution in [2.75, 3.05) is 20.1 Å². The van der Waals surface area contributed by atoms with E-state index in [0.29, 0.717) is 0 Å². The van der Waals surface area contributed by atoms with Crippen molar-refractivity contribution in [3.8, 4) is 0 Å². The predicted molar refractivity (Wildman–Crippen MR) is 102 cm³/mol. The lowest BCUT2D eigenvalue weighted by Crippen LogP contribution is -2.38. The van der Waals surface area contributed by atoms with Crippen LogP contribution in [0.15, 0.2) is 29.4 Å². The van der Waals surface area contributed by atoms with Crippen LogP contribution in [0.1, 0.15) is 50.8 Å². The minimum Gasteiger partial charge on any atom is -0.356 e. The van der Waals surface area contributed by atoms with E-state index in [4.69, 9.17) is 0 Å². The van der Waals surface area contributed by atoms with Crippen LogP contribution in [0, 0.1) is 5.92 Å².